The van der Waals surface area contributed by atoms with Crippen LogP contribution in [0.3, 0.4) is 0 Å². The second-order valence-corrected chi connectivity index (χ2v) is 5.84. The maximum absolute atomic E-state index is 12.6. The third kappa shape index (κ3) is 3.50. The van der Waals surface area contributed by atoms with Crippen LogP contribution in [0.2, 0.25) is 0 Å². The van der Waals surface area contributed by atoms with Gasteiger partial charge in [0.05, 0.1) is 5.56 Å². The fourth-order valence-corrected chi connectivity index (χ4v) is 3.01. The van der Waals surface area contributed by atoms with E-state index in [1.165, 1.54) is 0 Å². The summed E-state index contributed by atoms with van der Waals surface area (Å²) < 4.78 is 0. The van der Waals surface area contributed by atoms with Crippen LogP contribution >= 0.6 is 0 Å². The minimum absolute atomic E-state index is 0.0307. The number of amides is 1. The Morgan fingerprint density at radius 1 is 1.38 bits per heavy atom. The lowest BCUT2D eigenvalue weighted by molar-refractivity contribution is 0.0780. The molecule has 2 atom stereocenters. The lowest BCUT2D eigenvalue weighted by Gasteiger charge is -2.24. The maximum atomic E-state index is 12.6. The number of nitrogens with zero attached hydrogens (tertiary/aromatic N) is 4. The highest BCUT2D eigenvalue weighted by Gasteiger charge is 2.36. The van der Waals surface area contributed by atoms with Crippen molar-refractivity contribution in [3.63, 3.8) is 0 Å². The van der Waals surface area contributed by atoms with Gasteiger partial charge in [-0.3, -0.25) is 4.79 Å². The van der Waals surface area contributed by atoms with Crippen molar-refractivity contribution in [3.05, 3.63) is 18.0 Å². The molecule has 0 bridgehead atoms. The number of aromatic nitrogens is 2. The van der Waals surface area contributed by atoms with Gasteiger partial charge in [0.2, 0.25) is 5.95 Å². The molecular formula is C15H25N5O. The van der Waals surface area contributed by atoms with E-state index in [0.717, 1.165) is 25.9 Å². The van der Waals surface area contributed by atoms with E-state index >= 15 is 0 Å². The van der Waals surface area contributed by atoms with Gasteiger partial charge in [0, 0.05) is 38.6 Å². The molecule has 1 aromatic heterocycles. The van der Waals surface area contributed by atoms with Gasteiger partial charge in [0.15, 0.2) is 0 Å². The largest absolute Gasteiger partial charge is 0.357 e. The Morgan fingerprint density at radius 2 is 2.05 bits per heavy atom. The highest BCUT2D eigenvalue weighted by molar-refractivity contribution is 5.94. The van der Waals surface area contributed by atoms with Crippen LogP contribution in [0, 0.1) is 5.92 Å². The number of carbonyl (C=O) groups is 1. The fraction of sp³-hybridized carbons (Fsp3) is 0.667. The fourth-order valence-electron chi connectivity index (χ4n) is 3.01. The molecule has 0 spiro atoms. The number of nitrogens with one attached hydrogen (secondary N) is 1. The summed E-state index contributed by atoms with van der Waals surface area (Å²) in [4.78, 5) is 25.0. The zero-order valence-corrected chi connectivity index (χ0v) is 13.3. The minimum Gasteiger partial charge on any atom is -0.357 e. The van der Waals surface area contributed by atoms with Crippen molar-refractivity contribution in [2.45, 2.75) is 25.8 Å². The minimum atomic E-state index is 0.0307. The number of rotatable bonds is 5. The third-order valence-electron chi connectivity index (χ3n) is 4.14. The standard InChI is InChI=1S/C15H25N5O/c1-5-6-11-9-20(10-13(11)19(3)4)14(21)12-7-17-15(16-2)18-8-12/h7-8,11,13H,5-6,9-10H2,1-4H3,(H,16,17,18)/t11-,13-/m1/s1. The first-order valence-electron chi connectivity index (χ1n) is 7.52. The Morgan fingerprint density at radius 3 is 2.57 bits per heavy atom. The third-order valence-corrected chi connectivity index (χ3v) is 4.14. The summed E-state index contributed by atoms with van der Waals surface area (Å²) in [7, 11) is 5.94. The monoisotopic (exact) mass is 291 g/mol. The quantitative estimate of drug-likeness (QED) is 0.886. The van der Waals surface area contributed by atoms with Crippen molar-refractivity contribution in [2.75, 3.05) is 39.5 Å². The first-order chi connectivity index (χ1) is 10.1. The van der Waals surface area contributed by atoms with E-state index in [-0.39, 0.29) is 5.91 Å². The van der Waals surface area contributed by atoms with Crippen molar-refractivity contribution in [3.8, 4) is 0 Å². The Labute approximate surface area is 126 Å². The average Bonchev–Trinajstić information content (AvgIpc) is 2.91. The first kappa shape index (κ1) is 15.7. The topological polar surface area (TPSA) is 61.4 Å². The van der Waals surface area contributed by atoms with Crippen LogP contribution in [0.25, 0.3) is 0 Å². The van der Waals surface area contributed by atoms with E-state index < -0.39 is 0 Å². The molecule has 0 aliphatic carbocycles. The molecular weight excluding hydrogens is 266 g/mol. The van der Waals surface area contributed by atoms with Crippen molar-refractivity contribution in [1.29, 1.82) is 0 Å². The Hall–Kier alpha value is -1.69. The van der Waals surface area contributed by atoms with Gasteiger partial charge >= 0.3 is 0 Å². The molecule has 6 nitrogen and oxygen atoms in total. The molecule has 116 valence electrons. The van der Waals surface area contributed by atoms with Crippen LogP contribution in [0.4, 0.5) is 5.95 Å². The van der Waals surface area contributed by atoms with Crippen molar-refractivity contribution in [2.24, 2.45) is 5.92 Å². The lowest BCUT2D eigenvalue weighted by Crippen LogP contribution is -2.36. The predicted octanol–water partition coefficient (Wildman–Crippen LogP) is 1.32. The highest BCUT2D eigenvalue weighted by Crippen LogP contribution is 2.25. The van der Waals surface area contributed by atoms with Gasteiger partial charge in [0.1, 0.15) is 0 Å². The normalized spacial score (nSPS) is 21.9. The van der Waals surface area contributed by atoms with Crippen molar-refractivity contribution in [1.82, 2.24) is 19.8 Å². The molecule has 1 aromatic rings. The number of likely N-dealkylation sites (N-methyl/N-ethyl adjacent to an activating group) is 1. The molecule has 1 N–H and O–H groups in total. The number of anilines is 1. The number of likely N-dealkylation sites (tertiary alicyclic amines) is 1. The van der Waals surface area contributed by atoms with E-state index in [0.29, 0.717) is 23.5 Å². The molecule has 1 saturated heterocycles. The van der Waals surface area contributed by atoms with Gasteiger partial charge in [-0.05, 0) is 26.4 Å². The molecule has 2 rings (SSSR count). The van der Waals surface area contributed by atoms with E-state index in [1.807, 2.05) is 4.90 Å². The van der Waals surface area contributed by atoms with Gasteiger partial charge in [-0.25, -0.2) is 9.97 Å². The summed E-state index contributed by atoms with van der Waals surface area (Å²) >= 11 is 0. The summed E-state index contributed by atoms with van der Waals surface area (Å²) in [6, 6.07) is 0.436. The van der Waals surface area contributed by atoms with Gasteiger partial charge in [-0.1, -0.05) is 13.3 Å². The van der Waals surface area contributed by atoms with E-state index in [4.69, 9.17) is 0 Å². The molecule has 0 unspecified atom stereocenters. The second kappa shape index (κ2) is 6.85. The molecule has 0 aromatic carbocycles. The zero-order valence-electron chi connectivity index (χ0n) is 13.3. The lowest BCUT2D eigenvalue weighted by atomic mass is 9.98. The first-order valence-corrected chi connectivity index (χ1v) is 7.52. The SMILES string of the molecule is CCC[C@@H]1CN(C(=O)c2cnc(NC)nc2)C[C@H]1N(C)C. The van der Waals surface area contributed by atoms with Crippen LogP contribution in [-0.2, 0) is 0 Å². The van der Waals surface area contributed by atoms with E-state index in [1.54, 1.807) is 19.4 Å². The molecule has 1 aliphatic heterocycles. The molecule has 1 aliphatic rings. The number of carbonyl (C=O) groups excluding carboxylic acids is 1. The van der Waals surface area contributed by atoms with E-state index in [2.05, 4.69) is 41.2 Å². The van der Waals surface area contributed by atoms with Crippen LogP contribution in [-0.4, -0.2) is 65.9 Å². The Kier molecular flexibility index (Phi) is 5.12. The Balaban J connectivity index is 2.08. The van der Waals surface area contributed by atoms with Gasteiger partial charge < -0.3 is 15.1 Å². The van der Waals surface area contributed by atoms with Crippen LogP contribution < -0.4 is 5.32 Å². The second-order valence-electron chi connectivity index (χ2n) is 5.84. The summed E-state index contributed by atoms with van der Waals surface area (Å²) in [5.74, 6) is 1.11. The molecule has 2 heterocycles. The van der Waals surface area contributed by atoms with Crippen LogP contribution in [0.5, 0.6) is 0 Å². The van der Waals surface area contributed by atoms with Crippen LogP contribution in [0.1, 0.15) is 30.1 Å². The summed E-state index contributed by atoms with van der Waals surface area (Å²) in [5.41, 5.74) is 0.559. The van der Waals surface area contributed by atoms with E-state index in [9.17, 15) is 4.79 Å². The molecule has 21 heavy (non-hydrogen) atoms. The molecule has 0 radical (unpaired) electrons. The average molecular weight is 291 g/mol. The van der Waals surface area contributed by atoms with Gasteiger partial charge in [-0.15, -0.1) is 0 Å². The predicted molar refractivity (Wildman–Crippen MR) is 83.4 cm³/mol. The molecule has 1 fully saturated rings. The summed E-state index contributed by atoms with van der Waals surface area (Å²) in [6.07, 6.45) is 5.50. The maximum Gasteiger partial charge on any atom is 0.257 e. The highest BCUT2D eigenvalue weighted by atomic mass is 16.2. The van der Waals surface area contributed by atoms with Gasteiger partial charge in [0.25, 0.3) is 5.91 Å². The van der Waals surface area contributed by atoms with Crippen molar-refractivity contribution >= 4 is 11.9 Å². The van der Waals surface area contributed by atoms with Gasteiger partial charge in [-0.2, -0.15) is 0 Å². The molecule has 6 heteroatoms. The molecule has 1 amide bonds. The molecule has 0 saturated carbocycles. The Bertz CT molecular complexity index is 473. The number of hydrogen-bond donors (Lipinski definition) is 1. The summed E-state index contributed by atoms with van der Waals surface area (Å²) in [5, 5.41) is 2.85. The zero-order chi connectivity index (χ0) is 15.4. The smallest absolute Gasteiger partial charge is 0.257 e. The van der Waals surface area contributed by atoms with Crippen molar-refractivity contribution < 1.29 is 4.79 Å². The number of hydrogen-bond acceptors (Lipinski definition) is 5. The summed E-state index contributed by atoms with van der Waals surface area (Å²) in [6.45, 7) is 3.80. The van der Waals surface area contributed by atoms with Crippen LogP contribution in [0.15, 0.2) is 12.4 Å².